The predicted molar refractivity (Wildman–Crippen MR) is 72.2 cm³/mol. The molecule has 1 N–H and O–H groups in total. The minimum atomic E-state index is -0.796. The quantitative estimate of drug-likeness (QED) is 0.688. The molecule has 7 heteroatoms. The van der Waals surface area contributed by atoms with Gasteiger partial charge in [0.15, 0.2) is 5.82 Å². The molecule has 0 bridgehead atoms. The summed E-state index contributed by atoms with van der Waals surface area (Å²) >= 11 is 0. The Labute approximate surface area is 118 Å². The first-order valence-electron chi connectivity index (χ1n) is 5.84. The number of nitro groups is 1. The maximum absolute atomic E-state index is 13.9. The van der Waals surface area contributed by atoms with Crippen molar-refractivity contribution in [2.24, 2.45) is 0 Å². The van der Waals surface area contributed by atoms with Crippen molar-refractivity contribution in [2.45, 2.75) is 6.92 Å². The highest BCUT2D eigenvalue weighted by molar-refractivity contribution is 5.66. The number of benzene rings is 2. The highest BCUT2D eigenvalue weighted by Gasteiger charge is 2.16. The molecule has 0 heterocycles. The molecule has 2 aromatic rings. The SMILES string of the molecule is Cc1ccc(F)c(Nc2ccc([N+](=O)[O-])c(C#N)c2)c1F. The second kappa shape index (κ2) is 5.54. The van der Waals surface area contributed by atoms with Crippen LogP contribution in [0.1, 0.15) is 11.1 Å². The van der Waals surface area contributed by atoms with Crippen LogP contribution >= 0.6 is 0 Å². The van der Waals surface area contributed by atoms with Gasteiger partial charge in [0.05, 0.1) is 4.92 Å². The Morgan fingerprint density at radius 2 is 2.00 bits per heavy atom. The van der Waals surface area contributed by atoms with Crippen LogP contribution in [0.5, 0.6) is 0 Å². The normalized spacial score (nSPS) is 10.0. The van der Waals surface area contributed by atoms with E-state index in [4.69, 9.17) is 5.26 Å². The molecule has 2 rings (SSSR count). The van der Waals surface area contributed by atoms with Crippen molar-refractivity contribution < 1.29 is 13.7 Å². The van der Waals surface area contributed by atoms with Gasteiger partial charge in [-0.2, -0.15) is 5.26 Å². The summed E-state index contributed by atoms with van der Waals surface area (Å²) in [5.74, 6) is -1.55. The Kier molecular flexibility index (Phi) is 3.80. The molecule has 0 unspecified atom stereocenters. The Bertz CT molecular complexity index is 770. The standard InChI is InChI=1S/C14H9F2N3O2/c1-8-2-4-11(15)14(13(8)16)18-10-3-5-12(19(20)21)9(6-10)7-17/h2-6,18H,1H3. The van der Waals surface area contributed by atoms with Gasteiger partial charge in [-0.15, -0.1) is 0 Å². The van der Waals surface area contributed by atoms with Crippen molar-refractivity contribution in [1.82, 2.24) is 0 Å². The molecule has 0 aliphatic carbocycles. The molecule has 0 spiro atoms. The summed E-state index contributed by atoms with van der Waals surface area (Å²) in [5, 5.41) is 22.1. The molecule has 0 atom stereocenters. The lowest BCUT2D eigenvalue weighted by atomic mass is 10.1. The third-order valence-corrected chi connectivity index (χ3v) is 2.87. The van der Waals surface area contributed by atoms with E-state index in [1.54, 1.807) is 6.07 Å². The molecular formula is C14H9F2N3O2. The van der Waals surface area contributed by atoms with E-state index < -0.39 is 16.6 Å². The third-order valence-electron chi connectivity index (χ3n) is 2.87. The molecule has 106 valence electrons. The van der Waals surface area contributed by atoms with Crippen LogP contribution in [0.15, 0.2) is 30.3 Å². The van der Waals surface area contributed by atoms with Crippen LogP contribution in [0.2, 0.25) is 0 Å². The van der Waals surface area contributed by atoms with Crippen molar-refractivity contribution in [1.29, 1.82) is 5.26 Å². The maximum atomic E-state index is 13.9. The second-order valence-electron chi connectivity index (χ2n) is 4.28. The number of nitrogens with one attached hydrogen (secondary N) is 1. The number of halogens is 2. The number of aryl methyl sites for hydroxylation is 1. The highest BCUT2D eigenvalue weighted by Crippen LogP contribution is 2.28. The number of anilines is 2. The number of rotatable bonds is 3. The molecule has 0 fully saturated rings. The second-order valence-corrected chi connectivity index (χ2v) is 4.28. The van der Waals surface area contributed by atoms with E-state index in [0.717, 1.165) is 12.1 Å². The van der Waals surface area contributed by atoms with Crippen LogP contribution in [-0.4, -0.2) is 4.92 Å². The minimum absolute atomic E-state index is 0.181. The number of hydrogen-bond acceptors (Lipinski definition) is 4. The minimum Gasteiger partial charge on any atom is -0.351 e. The molecule has 0 saturated carbocycles. The Morgan fingerprint density at radius 1 is 1.29 bits per heavy atom. The van der Waals surface area contributed by atoms with Crippen molar-refractivity contribution >= 4 is 17.1 Å². The van der Waals surface area contributed by atoms with Crippen LogP contribution in [0.4, 0.5) is 25.8 Å². The molecule has 0 aliphatic heterocycles. The summed E-state index contributed by atoms with van der Waals surface area (Å²) in [4.78, 5) is 10.0. The van der Waals surface area contributed by atoms with Gasteiger partial charge in [0.1, 0.15) is 23.1 Å². The molecule has 2 aromatic carbocycles. The molecule has 21 heavy (non-hydrogen) atoms. The average molecular weight is 289 g/mol. The fourth-order valence-corrected chi connectivity index (χ4v) is 1.78. The first-order valence-corrected chi connectivity index (χ1v) is 5.84. The van der Waals surface area contributed by atoms with Gasteiger partial charge in [-0.3, -0.25) is 10.1 Å². The van der Waals surface area contributed by atoms with E-state index in [-0.39, 0.29) is 28.2 Å². The Hall–Kier alpha value is -3.01. The van der Waals surface area contributed by atoms with Crippen molar-refractivity contribution in [3.63, 3.8) is 0 Å². The van der Waals surface area contributed by atoms with Crippen molar-refractivity contribution in [3.05, 3.63) is 63.2 Å². The van der Waals surface area contributed by atoms with E-state index in [1.165, 1.54) is 25.1 Å². The number of hydrogen-bond donors (Lipinski definition) is 1. The highest BCUT2D eigenvalue weighted by atomic mass is 19.1. The molecule has 5 nitrogen and oxygen atoms in total. The van der Waals surface area contributed by atoms with E-state index in [9.17, 15) is 18.9 Å². The van der Waals surface area contributed by atoms with Gasteiger partial charge >= 0.3 is 0 Å². The van der Waals surface area contributed by atoms with Gasteiger partial charge in [0.25, 0.3) is 5.69 Å². The largest absolute Gasteiger partial charge is 0.351 e. The molecule has 0 aromatic heterocycles. The van der Waals surface area contributed by atoms with Crippen LogP contribution in [-0.2, 0) is 0 Å². The monoisotopic (exact) mass is 289 g/mol. The molecule has 0 saturated heterocycles. The summed E-state index contributed by atoms with van der Waals surface area (Å²) in [7, 11) is 0. The predicted octanol–water partition coefficient (Wildman–Crippen LogP) is 3.80. The first kappa shape index (κ1) is 14.4. The molecule has 0 aliphatic rings. The summed E-state index contributed by atoms with van der Waals surface area (Å²) in [6.45, 7) is 1.48. The number of nitriles is 1. The zero-order valence-corrected chi connectivity index (χ0v) is 10.9. The van der Waals surface area contributed by atoms with Gasteiger partial charge in [-0.1, -0.05) is 6.07 Å². The van der Waals surface area contributed by atoms with Gasteiger partial charge in [0.2, 0.25) is 0 Å². The smallest absolute Gasteiger partial charge is 0.287 e. The van der Waals surface area contributed by atoms with Gasteiger partial charge < -0.3 is 5.32 Å². The van der Waals surface area contributed by atoms with E-state index in [1.807, 2.05) is 0 Å². The fourth-order valence-electron chi connectivity index (χ4n) is 1.78. The van der Waals surface area contributed by atoms with Crippen LogP contribution in [0.3, 0.4) is 0 Å². The van der Waals surface area contributed by atoms with Gasteiger partial charge in [0, 0.05) is 11.8 Å². The summed E-state index contributed by atoms with van der Waals surface area (Å²) in [6.07, 6.45) is 0. The summed E-state index contributed by atoms with van der Waals surface area (Å²) < 4.78 is 27.5. The zero-order chi connectivity index (χ0) is 15.6. The summed E-state index contributed by atoms with van der Waals surface area (Å²) in [5.41, 5.74) is -0.499. The van der Waals surface area contributed by atoms with Gasteiger partial charge in [-0.25, -0.2) is 8.78 Å². The molecule has 0 amide bonds. The Balaban J connectivity index is 2.44. The average Bonchev–Trinajstić information content (AvgIpc) is 2.47. The summed E-state index contributed by atoms with van der Waals surface area (Å²) in [6, 6.07) is 7.63. The van der Waals surface area contributed by atoms with E-state index >= 15 is 0 Å². The van der Waals surface area contributed by atoms with E-state index in [2.05, 4.69) is 5.32 Å². The van der Waals surface area contributed by atoms with E-state index in [0.29, 0.717) is 0 Å². The van der Waals surface area contributed by atoms with Crippen LogP contribution in [0, 0.1) is 40.0 Å². The lowest BCUT2D eigenvalue weighted by molar-refractivity contribution is -0.385. The Morgan fingerprint density at radius 3 is 2.62 bits per heavy atom. The van der Waals surface area contributed by atoms with Crippen LogP contribution < -0.4 is 5.32 Å². The van der Waals surface area contributed by atoms with Crippen LogP contribution in [0.25, 0.3) is 0 Å². The number of nitrogens with zero attached hydrogens (tertiary/aromatic N) is 2. The topological polar surface area (TPSA) is 79.0 Å². The lowest BCUT2D eigenvalue weighted by Crippen LogP contribution is -2.00. The maximum Gasteiger partial charge on any atom is 0.287 e. The molecular weight excluding hydrogens is 280 g/mol. The number of nitro benzene ring substituents is 1. The fraction of sp³-hybridized carbons (Fsp3) is 0.0714. The van der Waals surface area contributed by atoms with Crippen molar-refractivity contribution in [3.8, 4) is 6.07 Å². The molecule has 0 radical (unpaired) electrons. The lowest BCUT2D eigenvalue weighted by Gasteiger charge is -2.10. The van der Waals surface area contributed by atoms with Gasteiger partial charge in [-0.05, 0) is 30.7 Å². The van der Waals surface area contributed by atoms with Crippen molar-refractivity contribution in [2.75, 3.05) is 5.32 Å². The first-order chi connectivity index (χ1) is 9.93. The third kappa shape index (κ3) is 2.79. The zero-order valence-electron chi connectivity index (χ0n) is 10.9.